The Morgan fingerprint density at radius 3 is 2.33 bits per heavy atom. The van der Waals surface area contributed by atoms with Crippen LogP contribution in [-0.4, -0.2) is 31.4 Å². The number of nitrogens with zero attached hydrogens (tertiary/aromatic N) is 1. The lowest BCUT2D eigenvalue weighted by Crippen LogP contribution is -2.39. The van der Waals surface area contributed by atoms with Crippen molar-refractivity contribution in [2.45, 2.75) is 20.0 Å². The van der Waals surface area contributed by atoms with Crippen LogP contribution in [0.3, 0.4) is 0 Å². The van der Waals surface area contributed by atoms with E-state index < -0.39 is 10.0 Å². The third kappa shape index (κ3) is 5.79. The number of hydrogen-bond acceptors (Lipinski definition) is 3. The van der Waals surface area contributed by atoms with E-state index in [0.717, 1.165) is 22.9 Å². The second-order valence-corrected chi connectivity index (χ2v) is 7.76. The van der Waals surface area contributed by atoms with Crippen LogP contribution in [0.1, 0.15) is 16.7 Å². The Bertz CT molecular complexity index is 789. The van der Waals surface area contributed by atoms with Gasteiger partial charge >= 0.3 is 0 Å². The molecule has 0 aliphatic heterocycles. The van der Waals surface area contributed by atoms with Gasteiger partial charge < -0.3 is 5.32 Å². The summed E-state index contributed by atoms with van der Waals surface area (Å²) in [6.45, 7) is 2.31. The lowest BCUT2D eigenvalue weighted by molar-refractivity contribution is -0.121. The lowest BCUT2D eigenvalue weighted by Gasteiger charge is -2.20. The summed E-state index contributed by atoms with van der Waals surface area (Å²) in [6, 6.07) is 17.1. The van der Waals surface area contributed by atoms with E-state index in [4.69, 9.17) is 0 Å². The number of amides is 1. The zero-order valence-electron chi connectivity index (χ0n) is 13.9. The van der Waals surface area contributed by atoms with Crippen LogP contribution in [-0.2, 0) is 27.9 Å². The normalized spacial score (nSPS) is 11.5. The van der Waals surface area contributed by atoms with Crippen molar-refractivity contribution < 1.29 is 13.2 Å². The molecule has 1 N–H and O–H groups in total. The van der Waals surface area contributed by atoms with Gasteiger partial charge in [-0.25, -0.2) is 8.42 Å². The molecule has 0 heterocycles. The van der Waals surface area contributed by atoms with Crippen LogP contribution in [0.4, 0.5) is 0 Å². The predicted octanol–water partition coefficient (Wildman–Crippen LogP) is 2.07. The van der Waals surface area contributed by atoms with Crippen molar-refractivity contribution in [2.24, 2.45) is 0 Å². The molecule has 24 heavy (non-hydrogen) atoms. The van der Waals surface area contributed by atoms with Crippen molar-refractivity contribution in [1.82, 2.24) is 9.62 Å². The van der Waals surface area contributed by atoms with Gasteiger partial charge in [0.1, 0.15) is 0 Å². The van der Waals surface area contributed by atoms with Crippen molar-refractivity contribution in [1.29, 1.82) is 0 Å². The number of rotatable bonds is 7. The molecule has 0 radical (unpaired) electrons. The smallest absolute Gasteiger partial charge is 0.235 e. The fourth-order valence-corrected chi connectivity index (χ4v) is 3.05. The Kier molecular flexibility index (Phi) is 6.11. The molecule has 0 spiro atoms. The van der Waals surface area contributed by atoms with Crippen LogP contribution < -0.4 is 5.32 Å². The molecule has 0 aliphatic rings. The average molecular weight is 346 g/mol. The molecule has 2 aromatic carbocycles. The van der Waals surface area contributed by atoms with Gasteiger partial charge in [-0.2, -0.15) is 4.31 Å². The third-order valence-corrected chi connectivity index (χ3v) is 4.76. The van der Waals surface area contributed by atoms with Crippen molar-refractivity contribution in [2.75, 3.05) is 12.8 Å². The number of carbonyl (C=O) groups excluding carboxylic acids is 1. The maximum atomic E-state index is 12.1. The highest BCUT2D eigenvalue weighted by Gasteiger charge is 2.20. The van der Waals surface area contributed by atoms with E-state index in [0.29, 0.717) is 6.54 Å². The minimum Gasteiger partial charge on any atom is -0.351 e. The van der Waals surface area contributed by atoms with E-state index in [1.165, 1.54) is 4.31 Å². The maximum Gasteiger partial charge on any atom is 0.235 e. The number of hydrogen-bond donors (Lipinski definition) is 1. The van der Waals surface area contributed by atoms with Crippen LogP contribution in [0.2, 0.25) is 0 Å². The monoisotopic (exact) mass is 346 g/mol. The molecule has 0 aliphatic carbocycles. The van der Waals surface area contributed by atoms with E-state index >= 15 is 0 Å². The van der Waals surface area contributed by atoms with Crippen LogP contribution in [0.25, 0.3) is 0 Å². The SMILES string of the molecule is Cc1cccc(CN(CC(=O)NCc2ccccc2)S(C)(=O)=O)c1. The van der Waals surface area contributed by atoms with Gasteiger partial charge in [0.2, 0.25) is 15.9 Å². The first kappa shape index (κ1) is 18.2. The van der Waals surface area contributed by atoms with E-state index in [-0.39, 0.29) is 19.0 Å². The van der Waals surface area contributed by atoms with Gasteiger partial charge in [-0.1, -0.05) is 60.2 Å². The van der Waals surface area contributed by atoms with Crippen molar-refractivity contribution in [3.8, 4) is 0 Å². The Hall–Kier alpha value is -2.18. The van der Waals surface area contributed by atoms with Gasteiger partial charge in [0, 0.05) is 13.1 Å². The summed E-state index contributed by atoms with van der Waals surface area (Å²) in [6.07, 6.45) is 1.12. The van der Waals surface area contributed by atoms with Gasteiger partial charge in [-0.3, -0.25) is 4.79 Å². The lowest BCUT2D eigenvalue weighted by atomic mass is 10.1. The summed E-state index contributed by atoms with van der Waals surface area (Å²) >= 11 is 0. The molecule has 1 amide bonds. The van der Waals surface area contributed by atoms with Gasteiger partial charge in [-0.15, -0.1) is 0 Å². The topological polar surface area (TPSA) is 66.5 Å². The molecule has 0 fully saturated rings. The molecular formula is C18H22N2O3S. The Morgan fingerprint density at radius 1 is 1.04 bits per heavy atom. The summed E-state index contributed by atoms with van der Waals surface area (Å²) in [4.78, 5) is 12.1. The van der Waals surface area contributed by atoms with Crippen molar-refractivity contribution in [3.05, 3.63) is 71.3 Å². The molecule has 2 rings (SSSR count). The molecule has 0 unspecified atom stereocenters. The van der Waals surface area contributed by atoms with Gasteiger partial charge in [0.15, 0.2) is 0 Å². The number of aryl methyl sites for hydroxylation is 1. The molecule has 6 heteroatoms. The summed E-state index contributed by atoms with van der Waals surface area (Å²) < 4.78 is 25.1. The van der Waals surface area contributed by atoms with Crippen molar-refractivity contribution >= 4 is 15.9 Å². The minimum absolute atomic E-state index is 0.180. The van der Waals surface area contributed by atoms with Gasteiger partial charge in [0.25, 0.3) is 0 Å². The molecule has 0 atom stereocenters. The molecular weight excluding hydrogens is 324 g/mol. The summed E-state index contributed by atoms with van der Waals surface area (Å²) in [5.74, 6) is -0.322. The van der Waals surface area contributed by atoms with E-state index in [2.05, 4.69) is 5.32 Å². The van der Waals surface area contributed by atoms with Gasteiger partial charge in [-0.05, 0) is 18.1 Å². The molecule has 128 valence electrons. The molecule has 0 saturated heterocycles. The number of benzene rings is 2. The fourth-order valence-electron chi connectivity index (χ4n) is 2.32. The maximum absolute atomic E-state index is 12.1. The molecule has 0 saturated carbocycles. The molecule has 0 bridgehead atoms. The van der Waals surface area contributed by atoms with Gasteiger partial charge in [0.05, 0.1) is 12.8 Å². The zero-order valence-corrected chi connectivity index (χ0v) is 14.7. The minimum atomic E-state index is -3.48. The molecule has 5 nitrogen and oxygen atoms in total. The average Bonchev–Trinajstić information content (AvgIpc) is 2.52. The fraction of sp³-hybridized carbons (Fsp3) is 0.278. The van der Waals surface area contributed by atoms with E-state index in [9.17, 15) is 13.2 Å². The van der Waals surface area contributed by atoms with E-state index in [1.54, 1.807) is 0 Å². The predicted molar refractivity (Wildman–Crippen MR) is 94.7 cm³/mol. The number of sulfonamides is 1. The molecule has 2 aromatic rings. The van der Waals surface area contributed by atoms with Crippen LogP contribution in [0.5, 0.6) is 0 Å². The Balaban J connectivity index is 1.99. The Morgan fingerprint density at radius 2 is 1.71 bits per heavy atom. The Labute approximate surface area is 143 Å². The number of carbonyl (C=O) groups is 1. The van der Waals surface area contributed by atoms with Crippen LogP contribution >= 0.6 is 0 Å². The summed E-state index contributed by atoms with van der Waals surface area (Å²) in [5, 5.41) is 2.75. The first-order valence-electron chi connectivity index (χ1n) is 7.66. The first-order valence-corrected chi connectivity index (χ1v) is 9.51. The zero-order chi connectivity index (χ0) is 17.6. The van der Waals surface area contributed by atoms with E-state index in [1.807, 2.05) is 61.5 Å². The van der Waals surface area contributed by atoms with Crippen LogP contribution in [0, 0.1) is 6.92 Å². The standard InChI is InChI=1S/C18H22N2O3S/c1-15-7-6-10-17(11-15)13-20(24(2,22)23)14-18(21)19-12-16-8-4-3-5-9-16/h3-11H,12-14H2,1-2H3,(H,19,21). The van der Waals surface area contributed by atoms with Crippen molar-refractivity contribution in [3.63, 3.8) is 0 Å². The number of nitrogens with one attached hydrogen (secondary N) is 1. The second kappa shape index (κ2) is 8.08. The first-order chi connectivity index (χ1) is 11.3. The summed E-state index contributed by atoms with van der Waals surface area (Å²) in [7, 11) is -3.48. The third-order valence-electron chi connectivity index (χ3n) is 3.56. The van der Waals surface area contributed by atoms with Crippen LogP contribution in [0.15, 0.2) is 54.6 Å². The highest BCUT2D eigenvalue weighted by atomic mass is 32.2. The largest absolute Gasteiger partial charge is 0.351 e. The summed E-state index contributed by atoms with van der Waals surface area (Å²) in [5.41, 5.74) is 2.88. The quantitative estimate of drug-likeness (QED) is 0.835. The molecule has 0 aromatic heterocycles. The highest BCUT2D eigenvalue weighted by molar-refractivity contribution is 7.88. The second-order valence-electron chi connectivity index (χ2n) is 5.78. The highest BCUT2D eigenvalue weighted by Crippen LogP contribution is 2.10.